The van der Waals surface area contributed by atoms with Crippen molar-refractivity contribution in [1.82, 2.24) is 5.32 Å². The molecule has 1 unspecified atom stereocenters. The molecule has 3 N–H and O–H groups in total. The normalized spacial score (nSPS) is 14.0. The van der Waals surface area contributed by atoms with Gasteiger partial charge in [0, 0.05) is 0 Å². The molecule has 0 bridgehead atoms. The maximum absolute atomic E-state index is 11.8. The van der Waals surface area contributed by atoms with Crippen molar-refractivity contribution in [3.8, 4) is 5.75 Å². The lowest BCUT2D eigenvalue weighted by Gasteiger charge is -2.23. The van der Waals surface area contributed by atoms with Gasteiger partial charge in [-0.05, 0) is 41.7 Å². The Morgan fingerprint density at radius 2 is 1.96 bits per heavy atom. The molecule has 5 heteroatoms. The van der Waals surface area contributed by atoms with Gasteiger partial charge in [0.15, 0.2) is 0 Å². The second-order valence-corrected chi connectivity index (χ2v) is 5.43. The van der Waals surface area contributed by atoms with Crippen LogP contribution < -0.4 is 15.8 Å². The van der Waals surface area contributed by atoms with Crippen molar-refractivity contribution in [3.05, 3.63) is 65.2 Å². The zero-order chi connectivity index (χ0) is 15.4. The monoisotopic (exact) mass is 332 g/mol. The number of amides is 1. The van der Waals surface area contributed by atoms with Gasteiger partial charge in [-0.2, -0.15) is 0 Å². The fourth-order valence-electron chi connectivity index (χ4n) is 2.78. The Morgan fingerprint density at radius 3 is 2.70 bits per heavy atom. The lowest BCUT2D eigenvalue weighted by atomic mass is 9.95. The van der Waals surface area contributed by atoms with Crippen LogP contribution in [-0.4, -0.2) is 19.1 Å². The summed E-state index contributed by atoms with van der Waals surface area (Å²) in [5, 5.41) is 3.00. The highest BCUT2D eigenvalue weighted by Crippen LogP contribution is 2.30. The molecule has 1 aliphatic rings. The van der Waals surface area contributed by atoms with Gasteiger partial charge >= 0.3 is 0 Å². The summed E-state index contributed by atoms with van der Waals surface area (Å²) in [5.41, 5.74) is 8.75. The number of fused-ring (bicyclic) bond motifs is 1. The second-order valence-electron chi connectivity index (χ2n) is 5.43. The van der Waals surface area contributed by atoms with Gasteiger partial charge in [-0.1, -0.05) is 36.4 Å². The van der Waals surface area contributed by atoms with Crippen molar-refractivity contribution in [2.45, 2.75) is 18.9 Å². The minimum absolute atomic E-state index is 0. The molecule has 0 saturated carbocycles. The van der Waals surface area contributed by atoms with Gasteiger partial charge in [0.1, 0.15) is 5.75 Å². The minimum Gasteiger partial charge on any atom is -0.493 e. The third kappa shape index (κ3) is 4.03. The number of hydrogen-bond donors (Lipinski definition) is 2. The van der Waals surface area contributed by atoms with Crippen LogP contribution in [0, 0.1) is 0 Å². The third-order valence-corrected chi connectivity index (χ3v) is 3.89. The Morgan fingerprint density at radius 1 is 1.17 bits per heavy atom. The predicted molar refractivity (Wildman–Crippen MR) is 93.0 cm³/mol. The van der Waals surface area contributed by atoms with Crippen LogP contribution >= 0.6 is 12.4 Å². The lowest BCUT2D eigenvalue weighted by Crippen LogP contribution is -2.34. The van der Waals surface area contributed by atoms with Crippen molar-refractivity contribution < 1.29 is 9.53 Å². The quantitative estimate of drug-likeness (QED) is 0.904. The summed E-state index contributed by atoms with van der Waals surface area (Å²) in [6.45, 7) is 0.760. The first-order chi connectivity index (χ1) is 10.8. The molecule has 122 valence electrons. The van der Waals surface area contributed by atoms with E-state index in [9.17, 15) is 4.79 Å². The van der Waals surface area contributed by atoms with Crippen LogP contribution in [0.4, 0.5) is 0 Å². The molecule has 0 fully saturated rings. The summed E-state index contributed by atoms with van der Waals surface area (Å²) in [7, 11) is 0. The summed E-state index contributed by atoms with van der Waals surface area (Å²) in [6.07, 6.45) is 2.04. The number of rotatable bonds is 4. The van der Waals surface area contributed by atoms with Gasteiger partial charge in [0.2, 0.25) is 5.91 Å². The molecular formula is C18H21ClN2O2. The zero-order valence-corrected chi connectivity index (χ0v) is 13.6. The van der Waals surface area contributed by atoms with E-state index in [0.29, 0.717) is 0 Å². The van der Waals surface area contributed by atoms with E-state index >= 15 is 0 Å². The summed E-state index contributed by atoms with van der Waals surface area (Å²) >= 11 is 0. The first-order valence-electron chi connectivity index (χ1n) is 7.58. The third-order valence-electron chi connectivity index (χ3n) is 3.89. The van der Waals surface area contributed by atoms with Crippen molar-refractivity contribution >= 4 is 18.3 Å². The Balaban J connectivity index is 0.00000192. The second kappa shape index (κ2) is 7.99. The molecule has 1 heterocycles. The van der Waals surface area contributed by atoms with Gasteiger partial charge < -0.3 is 15.8 Å². The molecule has 2 aromatic rings. The van der Waals surface area contributed by atoms with E-state index < -0.39 is 0 Å². The zero-order valence-electron chi connectivity index (χ0n) is 12.8. The Bertz CT molecular complexity index is 661. The van der Waals surface area contributed by atoms with Crippen LogP contribution in [0.1, 0.15) is 29.2 Å². The molecule has 2 aromatic carbocycles. The van der Waals surface area contributed by atoms with Gasteiger partial charge in [0.25, 0.3) is 0 Å². The summed E-state index contributed by atoms with van der Waals surface area (Å²) in [5.74, 6) is 0.787. The Hall–Kier alpha value is -2.04. The summed E-state index contributed by atoms with van der Waals surface area (Å²) in [4.78, 5) is 11.8. The lowest BCUT2D eigenvalue weighted by molar-refractivity contribution is -0.120. The highest BCUT2D eigenvalue weighted by Gasteiger charge is 2.19. The SMILES string of the molecule is Cl.NCC(=O)NC(c1ccccc1)c1ccc2c(c1)CCCO2. The van der Waals surface area contributed by atoms with Crippen molar-refractivity contribution in [2.24, 2.45) is 5.73 Å². The molecule has 0 aromatic heterocycles. The fraction of sp³-hybridized carbons (Fsp3) is 0.278. The van der Waals surface area contributed by atoms with E-state index in [1.807, 2.05) is 42.5 Å². The average molecular weight is 333 g/mol. The number of aryl methyl sites for hydroxylation is 1. The predicted octanol–water partition coefficient (Wildman–Crippen LogP) is 2.60. The van der Waals surface area contributed by atoms with Crippen LogP contribution in [0.3, 0.4) is 0 Å². The van der Waals surface area contributed by atoms with Gasteiger partial charge in [-0.3, -0.25) is 4.79 Å². The van der Waals surface area contributed by atoms with Crippen LogP contribution in [0.5, 0.6) is 5.75 Å². The molecule has 1 aliphatic heterocycles. The number of carbonyl (C=O) groups excluding carboxylic acids is 1. The van der Waals surface area contributed by atoms with E-state index in [4.69, 9.17) is 10.5 Å². The number of nitrogens with one attached hydrogen (secondary N) is 1. The molecular weight excluding hydrogens is 312 g/mol. The van der Waals surface area contributed by atoms with Crippen LogP contribution in [0.15, 0.2) is 48.5 Å². The summed E-state index contributed by atoms with van der Waals surface area (Å²) in [6, 6.07) is 15.9. The molecule has 23 heavy (non-hydrogen) atoms. The van der Waals surface area contributed by atoms with E-state index in [2.05, 4.69) is 11.4 Å². The van der Waals surface area contributed by atoms with Crippen molar-refractivity contribution in [3.63, 3.8) is 0 Å². The molecule has 0 spiro atoms. The average Bonchev–Trinajstić information content (AvgIpc) is 2.59. The molecule has 4 nitrogen and oxygen atoms in total. The highest BCUT2D eigenvalue weighted by molar-refractivity contribution is 5.85. The summed E-state index contributed by atoms with van der Waals surface area (Å²) < 4.78 is 5.66. The molecule has 0 radical (unpaired) electrons. The van der Waals surface area contributed by atoms with E-state index in [0.717, 1.165) is 36.3 Å². The number of hydrogen-bond acceptors (Lipinski definition) is 3. The van der Waals surface area contributed by atoms with E-state index in [1.165, 1.54) is 5.56 Å². The van der Waals surface area contributed by atoms with E-state index in [-0.39, 0.29) is 30.9 Å². The first kappa shape index (κ1) is 17.3. The standard InChI is InChI=1S/C18H20N2O2.ClH/c19-12-17(21)20-18(13-5-2-1-3-6-13)15-8-9-16-14(11-15)7-4-10-22-16;/h1-3,5-6,8-9,11,18H,4,7,10,12,19H2,(H,20,21);1H. The smallest absolute Gasteiger partial charge is 0.234 e. The van der Waals surface area contributed by atoms with Crippen LogP contribution in [0.2, 0.25) is 0 Å². The van der Waals surface area contributed by atoms with Gasteiger partial charge in [-0.15, -0.1) is 12.4 Å². The fourth-order valence-corrected chi connectivity index (χ4v) is 2.78. The number of ether oxygens (including phenoxy) is 1. The highest BCUT2D eigenvalue weighted by atomic mass is 35.5. The molecule has 3 rings (SSSR count). The van der Waals surface area contributed by atoms with Gasteiger partial charge in [0.05, 0.1) is 19.2 Å². The Labute approximate surface area is 142 Å². The van der Waals surface area contributed by atoms with Crippen LogP contribution in [0.25, 0.3) is 0 Å². The number of benzene rings is 2. The minimum atomic E-state index is -0.190. The van der Waals surface area contributed by atoms with Crippen molar-refractivity contribution in [1.29, 1.82) is 0 Å². The topological polar surface area (TPSA) is 64.4 Å². The molecule has 0 saturated heterocycles. The molecule has 1 amide bonds. The first-order valence-corrected chi connectivity index (χ1v) is 7.58. The molecule has 1 atom stereocenters. The van der Waals surface area contributed by atoms with E-state index in [1.54, 1.807) is 0 Å². The van der Waals surface area contributed by atoms with Crippen LogP contribution in [-0.2, 0) is 11.2 Å². The maximum Gasteiger partial charge on any atom is 0.234 e. The Kier molecular flexibility index (Phi) is 6.02. The molecule has 0 aliphatic carbocycles. The maximum atomic E-state index is 11.8. The van der Waals surface area contributed by atoms with Crippen molar-refractivity contribution in [2.75, 3.05) is 13.2 Å². The number of nitrogens with two attached hydrogens (primary N) is 1. The number of halogens is 1. The van der Waals surface area contributed by atoms with Gasteiger partial charge in [-0.25, -0.2) is 0 Å². The number of carbonyl (C=O) groups is 1. The largest absolute Gasteiger partial charge is 0.493 e.